The molecule has 0 aliphatic carbocycles. The number of rotatable bonds is 12. The third kappa shape index (κ3) is 6.77. The van der Waals surface area contributed by atoms with Crippen molar-refractivity contribution in [3.05, 3.63) is 97.3 Å². The molecule has 2 unspecified atom stereocenters. The van der Waals surface area contributed by atoms with Gasteiger partial charge in [0.15, 0.2) is 0 Å². The Bertz CT molecular complexity index is 1900. The molecule has 0 fully saturated rings. The molecule has 4 aromatic rings. The van der Waals surface area contributed by atoms with Crippen LogP contribution in [0.1, 0.15) is 47.7 Å². The molecular weight excluding hydrogens is 735 g/mol. The summed E-state index contributed by atoms with van der Waals surface area (Å²) in [6.45, 7) is 2.14. The van der Waals surface area contributed by atoms with Gasteiger partial charge in [-0.25, -0.2) is 0 Å². The Kier molecular flexibility index (Phi) is 9.50. The zero-order chi connectivity index (χ0) is 30.8. The number of hydrogen-bond acceptors (Lipinski definition) is 8. The van der Waals surface area contributed by atoms with Crippen molar-refractivity contribution in [3.8, 4) is 0 Å². The van der Waals surface area contributed by atoms with Crippen LogP contribution in [0.5, 0.6) is 0 Å². The Hall–Kier alpha value is -2.68. The number of unbranched alkanes of at least 4 members (excludes halogenated alkanes) is 1. The quantitative estimate of drug-likeness (QED) is 0.122. The van der Waals surface area contributed by atoms with Crippen molar-refractivity contribution in [2.75, 3.05) is 10.6 Å². The molecule has 6 rings (SSSR count). The maximum atomic E-state index is 13.5. The standard InChI is InChI=1S/C31H29N4O4S4.In/c1-3-4-8-22-12-14-24(15-13-22)28(36)32-25-16-18-26(19-17-25)43(38,39)35-27(29(37)33-30-34-31(40)42-41-30)20-11-21(2)23-9-6-5-7-10-23;/h2,5-7,9,11-19,27,35H,3-4,8,20H2,1H3,(H,32,36)(H,33,34,37,40);. The molecule has 44 heavy (non-hydrogen) atoms. The van der Waals surface area contributed by atoms with E-state index in [1.54, 1.807) is 24.3 Å². The van der Waals surface area contributed by atoms with Gasteiger partial charge in [0.25, 0.3) is 0 Å². The molecule has 3 aromatic carbocycles. The Labute approximate surface area is 276 Å². The van der Waals surface area contributed by atoms with Crippen molar-refractivity contribution in [2.24, 2.45) is 0 Å². The van der Waals surface area contributed by atoms with E-state index in [0.717, 1.165) is 19.3 Å². The molecule has 0 spiro atoms. The molecule has 2 amide bonds. The van der Waals surface area contributed by atoms with Crippen LogP contribution in [-0.2, 0) is 21.2 Å². The summed E-state index contributed by atoms with van der Waals surface area (Å²) in [4.78, 5) is 30.4. The van der Waals surface area contributed by atoms with Gasteiger partial charge in [0.05, 0.1) is 0 Å². The number of benzene rings is 3. The molecule has 13 heteroatoms. The monoisotopic (exact) mass is 764 g/mol. The zero-order valence-corrected chi connectivity index (χ0v) is 30.3. The van der Waals surface area contributed by atoms with E-state index in [9.17, 15) is 18.0 Å². The Morgan fingerprint density at radius 3 is 2.43 bits per heavy atom. The van der Waals surface area contributed by atoms with E-state index in [1.165, 1.54) is 52.8 Å². The number of sulfonamides is 1. The van der Waals surface area contributed by atoms with E-state index in [1.807, 2.05) is 24.3 Å². The van der Waals surface area contributed by atoms with Gasteiger partial charge in [0.2, 0.25) is 0 Å². The van der Waals surface area contributed by atoms with Crippen LogP contribution >= 0.6 is 32.9 Å². The predicted octanol–water partition coefficient (Wildman–Crippen LogP) is 5.93. The molecule has 1 aromatic heterocycles. The van der Waals surface area contributed by atoms with E-state index in [4.69, 9.17) is 12.2 Å². The number of amides is 2. The third-order valence-electron chi connectivity index (χ3n) is 8.00. The average Bonchev–Trinajstić information content (AvgIpc) is 3.70. The van der Waals surface area contributed by atoms with Crippen LogP contribution < -0.4 is 18.7 Å². The SMILES string of the molecule is CCCCc1ccc(C(=O)Nc2ccc(S(=O)(=O)NC(C[CH]3C4=[CH][In]3[c]3ccccc34)C(=O)Nc3nc(=S)ss3)cc2)cc1. The third-order valence-corrected chi connectivity index (χ3v) is 21.8. The van der Waals surface area contributed by atoms with Crippen molar-refractivity contribution in [2.45, 2.75) is 47.2 Å². The molecule has 0 radical (unpaired) electrons. The second-order valence-corrected chi connectivity index (χ2v) is 23.4. The van der Waals surface area contributed by atoms with Gasteiger partial charge >= 0.3 is 223 Å². The van der Waals surface area contributed by atoms with Crippen LogP contribution in [0.4, 0.5) is 10.8 Å². The predicted molar refractivity (Wildman–Crippen MR) is 181 cm³/mol. The minimum atomic E-state index is -4.07. The first-order valence-electron chi connectivity index (χ1n) is 14.3. The smallest absolute Gasteiger partial charge is 0.0492 e. The number of carbonyl (C=O) groups is 2. The fraction of sp³-hybridized carbons (Fsp3) is 0.226. The van der Waals surface area contributed by atoms with Crippen LogP contribution in [-0.4, -0.2) is 52.7 Å². The van der Waals surface area contributed by atoms with E-state index < -0.39 is 43.4 Å². The van der Waals surface area contributed by atoms with Crippen molar-refractivity contribution in [1.82, 2.24) is 9.71 Å². The Balaban J connectivity index is 1.15. The summed E-state index contributed by atoms with van der Waals surface area (Å²) in [5, 5.41) is 5.94. The number of carbonyl (C=O) groups excluding carboxylic acids is 2. The Morgan fingerprint density at radius 2 is 1.75 bits per heavy atom. The van der Waals surface area contributed by atoms with Crippen LogP contribution in [0.2, 0.25) is 3.67 Å². The summed E-state index contributed by atoms with van der Waals surface area (Å²) in [7, 11) is -1.55. The van der Waals surface area contributed by atoms with Crippen LogP contribution in [0.15, 0.2) is 81.5 Å². The largest absolute Gasteiger partial charge is 0.0582 e. The zero-order valence-electron chi connectivity index (χ0n) is 23.8. The molecule has 2 aliphatic rings. The summed E-state index contributed by atoms with van der Waals surface area (Å²) in [6.07, 6.45) is 3.56. The summed E-state index contributed by atoms with van der Waals surface area (Å²) < 4.78 is 34.2. The van der Waals surface area contributed by atoms with E-state index >= 15 is 0 Å². The first-order valence-corrected chi connectivity index (χ1v) is 23.8. The van der Waals surface area contributed by atoms with Crippen molar-refractivity contribution in [1.29, 1.82) is 0 Å². The van der Waals surface area contributed by atoms with E-state index in [2.05, 4.69) is 43.2 Å². The normalized spacial score (nSPS) is 15.6. The van der Waals surface area contributed by atoms with Crippen LogP contribution in [0.3, 0.4) is 0 Å². The summed E-state index contributed by atoms with van der Waals surface area (Å²) in [5.74, 6) is -0.739. The molecule has 2 atom stereocenters. The van der Waals surface area contributed by atoms with Crippen LogP contribution in [0, 0.1) is 3.95 Å². The number of anilines is 2. The minimum absolute atomic E-state index is 0.000452. The van der Waals surface area contributed by atoms with Gasteiger partial charge in [-0.3, -0.25) is 0 Å². The van der Waals surface area contributed by atoms with Gasteiger partial charge in [-0.1, -0.05) is 25.5 Å². The fourth-order valence-electron chi connectivity index (χ4n) is 5.71. The van der Waals surface area contributed by atoms with E-state index in [0.29, 0.717) is 26.8 Å². The Morgan fingerprint density at radius 1 is 1.00 bits per heavy atom. The molecular formula is C31H29InN4O4S4. The molecule has 2 aliphatic heterocycles. The summed E-state index contributed by atoms with van der Waals surface area (Å²) in [5.41, 5.74) is 4.66. The minimum Gasteiger partial charge on any atom is -0.0582 e. The number of aryl methyl sites for hydroxylation is 1. The van der Waals surface area contributed by atoms with Gasteiger partial charge < -0.3 is 0 Å². The second-order valence-electron chi connectivity index (χ2n) is 10.9. The van der Waals surface area contributed by atoms with Crippen molar-refractivity contribution in [3.63, 3.8) is 0 Å². The van der Waals surface area contributed by atoms with Gasteiger partial charge in [-0.05, 0) is 30.5 Å². The topological polar surface area (TPSA) is 117 Å². The fourth-order valence-corrected chi connectivity index (χ4v) is 18.8. The maximum Gasteiger partial charge on any atom is -0.0492 e. The van der Waals surface area contributed by atoms with Gasteiger partial charge in [0, 0.05) is 0 Å². The summed E-state index contributed by atoms with van der Waals surface area (Å²) in [6, 6.07) is 20.8. The maximum absolute atomic E-state index is 13.5. The van der Waals surface area contributed by atoms with E-state index in [-0.39, 0.29) is 14.5 Å². The number of aromatic nitrogens is 1. The molecule has 8 nitrogen and oxygen atoms in total. The van der Waals surface area contributed by atoms with Crippen molar-refractivity contribution >= 4 is 95.9 Å². The van der Waals surface area contributed by atoms with Gasteiger partial charge in [-0.15, -0.1) is 0 Å². The second kappa shape index (κ2) is 13.4. The number of nitrogens with zero attached hydrogens (tertiary/aromatic N) is 1. The van der Waals surface area contributed by atoms with Gasteiger partial charge in [-0.2, -0.15) is 0 Å². The molecule has 224 valence electrons. The number of fused-ring (bicyclic) bond motifs is 5. The van der Waals surface area contributed by atoms with Crippen molar-refractivity contribution < 1.29 is 18.0 Å². The molecule has 3 heterocycles. The first-order chi connectivity index (χ1) is 21.2. The molecule has 0 saturated heterocycles. The molecule has 3 N–H and O–H groups in total. The first kappa shape index (κ1) is 31.3. The summed E-state index contributed by atoms with van der Waals surface area (Å²) >= 11 is 2.84. The average molecular weight is 765 g/mol. The number of nitrogens with one attached hydrogen (secondary N) is 3. The molecule has 2 bridgehead atoms. The number of allylic oxidation sites excluding steroid dienone is 1. The van der Waals surface area contributed by atoms with Gasteiger partial charge in [0.1, 0.15) is 0 Å². The molecule has 0 saturated carbocycles. The van der Waals surface area contributed by atoms with Crippen LogP contribution in [0.25, 0.3) is 5.57 Å². The number of hydrogen-bond donors (Lipinski definition) is 3.